The monoisotopic (exact) mass is 430 g/mol. The number of nitrogens with zero attached hydrogens (tertiary/aromatic N) is 3. The number of benzene rings is 1. The minimum atomic E-state index is -0.297. The SMILES string of the molecule is COc1cc(N(Cc2cc(OC(C)C)cc(OC(C)C)c2)C2CCNCC2)nc(O)n1. The molecule has 0 amide bonds. The number of hydrogen-bond acceptors (Lipinski definition) is 8. The molecule has 170 valence electrons. The molecule has 8 nitrogen and oxygen atoms in total. The lowest BCUT2D eigenvalue weighted by molar-refractivity contribution is 0.228. The van der Waals surface area contributed by atoms with Gasteiger partial charge in [0.15, 0.2) is 0 Å². The first kappa shape index (κ1) is 22.9. The molecule has 0 unspecified atom stereocenters. The Kier molecular flexibility index (Phi) is 7.79. The van der Waals surface area contributed by atoms with E-state index in [4.69, 9.17) is 14.2 Å². The fraction of sp³-hybridized carbons (Fsp3) is 0.565. The van der Waals surface area contributed by atoms with Gasteiger partial charge >= 0.3 is 6.01 Å². The first-order valence-corrected chi connectivity index (χ1v) is 10.9. The molecule has 0 atom stereocenters. The number of aromatic nitrogens is 2. The number of nitrogens with one attached hydrogen (secondary N) is 1. The minimum absolute atomic E-state index is 0.0609. The molecule has 31 heavy (non-hydrogen) atoms. The van der Waals surface area contributed by atoms with E-state index in [1.165, 1.54) is 7.11 Å². The first-order chi connectivity index (χ1) is 14.8. The molecule has 1 aliphatic heterocycles. The van der Waals surface area contributed by atoms with Crippen molar-refractivity contribution in [2.24, 2.45) is 0 Å². The summed E-state index contributed by atoms with van der Waals surface area (Å²) < 4.78 is 17.2. The van der Waals surface area contributed by atoms with Gasteiger partial charge in [0.25, 0.3) is 0 Å². The van der Waals surface area contributed by atoms with Gasteiger partial charge in [-0.15, -0.1) is 0 Å². The van der Waals surface area contributed by atoms with E-state index in [2.05, 4.69) is 20.2 Å². The second-order valence-corrected chi connectivity index (χ2v) is 8.32. The van der Waals surface area contributed by atoms with Crippen molar-refractivity contribution in [3.8, 4) is 23.4 Å². The summed E-state index contributed by atoms with van der Waals surface area (Å²) in [6.07, 6.45) is 2.08. The summed E-state index contributed by atoms with van der Waals surface area (Å²) in [7, 11) is 1.53. The standard InChI is InChI=1S/C23H34N4O4/c1-15(2)30-19-10-17(11-20(12-19)31-16(3)4)14-27(18-6-8-24-9-7-18)21-13-22(29-5)26-23(28)25-21/h10-13,15-16,18,24H,6-9,14H2,1-5H3,(H,25,26,28). The zero-order chi connectivity index (χ0) is 22.4. The van der Waals surface area contributed by atoms with Crippen molar-refractivity contribution in [1.82, 2.24) is 15.3 Å². The quantitative estimate of drug-likeness (QED) is 0.625. The van der Waals surface area contributed by atoms with Gasteiger partial charge in [0.1, 0.15) is 17.3 Å². The summed E-state index contributed by atoms with van der Waals surface area (Å²) in [5, 5.41) is 13.5. The number of hydrogen-bond donors (Lipinski definition) is 2. The van der Waals surface area contributed by atoms with Crippen molar-refractivity contribution in [1.29, 1.82) is 0 Å². The molecule has 1 aliphatic rings. The highest BCUT2D eigenvalue weighted by molar-refractivity contribution is 5.47. The highest BCUT2D eigenvalue weighted by Gasteiger charge is 2.24. The van der Waals surface area contributed by atoms with Gasteiger partial charge in [0, 0.05) is 24.7 Å². The van der Waals surface area contributed by atoms with Crippen molar-refractivity contribution < 1.29 is 19.3 Å². The largest absolute Gasteiger partial charge is 0.491 e. The van der Waals surface area contributed by atoms with Crippen molar-refractivity contribution in [2.75, 3.05) is 25.1 Å². The van der Waals surface area contributed by atoms with Gasteiger partial charge in [-0.3, -0.25) is 0 Å². The number of rotatable bonds is 9. The van der Waals surface area contributed by atoms with Crippen LogP contribution in [0.3, 0.4) is 0 Å². The molecule has 1 aromatic heterocycles. The molecule has 1 fully saturated rings. The highest BCUT2D eigenvalue weighted by atomic mass is 16.5. The third kappa shape index (κ3) is 6.62. The van der Waals surface area contributed by atoms with Gasteiger partial charge in [-0.05, 0) is 71.3 Å². The van der Waals surface area contributed by atoms with Gasteiger partial charge in [-0.1, -0.05) is 0 Å². The zero-order valence-electron chi connectivity index (χ0n) is 19.1. The number of piperidine rings is 1. The van der Waals surface area contributed by atoms with E-state index in [0.29, 0.717) is 18.2 Å². The van der Waals surface area contributed by atoms with Gasteiger partial charge < -0.3 is 29.5 Å². The number of ether oxygens (including phenoxy) is 3. The van der Waals surface area contributed by atoms with E-state index in [0.717, 1.165) is 43.0 Å². The van der Waals surface area contributed by atoms with Gasteiger partial charge in [0.2, 0.25) is 5.88 Å². The molecule has 0 aliphatic carbocycles. The summed E-state index contributed by atoms with van der Waals surface area (Å²) in [5.41, 5.74) is 1.05. The third-order valence-electron chi connectivity index (χ3n) is 4.97. The van der Waals surface area contributed by atoms with Crippen LogP contribution in [-0.4, -0.2) is 53.5 Å². The van der Waals surface area contributed by atoms with Crippen LogP contribution in [0.15, 0.2) is 24.3 Å². The molecule has 2 aromatic rings. The summed E-state index contributed by atoms with van der Waals surface area (Å²) in [6.45, 7) is 10.5. The predicted molar refractivity (Wildman–Crippen MR) is 120 cm³/mol. The molecule has 2 heterocycles. The van der Waals surface area contributed by atoms with Gasteiger partial charge in [-0.2, -0.15) is 9.97 Å². The van der Waals surface area contributed by atoms with Crippen molar-refractivity contribution in [3.05, 3.63) is 29.8 Å². The third-order valence-corrected chi connectivity index (χ3v) is 4.97. The molecule has 0 saturated carbocycles. The van der Waals surface area contributed by atoms with E-state index in [-0.39, 0.29) is 24.3 Å². The maximum absolute atomic E-state index is 10.0. The van der Waals surface area contributed by atoms with Crippen LogP contribution in [0.25, 0.3) is 0 Å². The first-order valence-electron chi connectivity index (χ1n) is 10.9. The summed E-state index contributed by atoms with van der Waals surface area (Å²) >= 11 is 0. The second-order valence-electron chi connectivity index (χ2n) is 8.32. The fourth-order valence-electron chi connectivity index (χ4n) is 3.77. The summed E-state index contributed by atoms with van der Waals surface area (Å²) in [6, 6.07) is 7.75. The topological polar surface area (TPSA) is 89.0 Å². The number of aromatic hydroxyl groups is 1. The van der Waals surface area contributed by atoms with Crippen LogP contribution in [0.4, 0.5) is 5.82 Å². The fourth-order valence-corrected chi connectivity index (χ4v) is 3.77. The molecule has 0 spiro atoms. The van der Waals surface area contributed by atoms with Crippen LogP contribution in [0, 0.1) is 0 Å². The molecule has 8 heteroatoms. The van der Waals surface area contributed by atoms with E-state index in [1.54, 1.807) is 6.07 Å². The Hall–Kier alpha value is -2.74. The number of methoxy groups -OCH3 is 1. The van der Waals surface area contributed by atoms with Gasteiger partial charge in [-0.25, -0.2) is 0 Å². The molecule has 1 saturated heterocycles. The lowest BCUT2D eigenvalue weighted by atomic mass is 10.0. The minimum Gasteiger partial charge on any atom is -0.491 e. The van der Waals surface area contributed by atoms with Crippen LogP contribution in [-0.2, 0) is 6.54 Å². The van der Waals surface area contributed by atoms with E-state index >= 15 is 0 Å². The summed E-state index contributed by atoms with van der Waals surface area (Å²) in [4.78, 5) is 10.4. The molecule has 3 rings (SSSR count). The van der Waals surface area contributed by atoms with Crippen molar-refractivity contribution in [2.45, 2.75) is 65.3 Å². The average Bonchev–Trinajstić information content (AvgIpc) is 2.71. The van der Waals surface area contributed by atoms with Crippen LogP contribution < -0.4 is 24.4 Å². The molecule has 0 radical (unpaired) electrons. The maximum atomic E-state index is 10.0. The molecule has 1 aromatic carbocycles. The van der Waals surface area contributed by atoms with Crippen LogP contribution in [0.1, 0.15) is 46.1 Å². The molecule has 2 N–H and O–H groups in total. The smallest absolute Gasteiger partial charge is 0.319 e. The van der Waals surface area contributed by atoms with Crippen molar-refractivity contribution in [3.63, 3.8) is 0 Å². The van der Waals surface area contributed by atoms with Crippen LogP contribution in [0.5, 0.6) is 23.4 Å². The molecule has 0 bridgehead atoms. The maximum Gasteiger partial charge on any atom is 0.319 e. The van der Waals surface area contributed by atoms with Crippen LogP contribution >= 0.6 is 0 Å². The lowest BCUT2D eigenvalue weighted by Crippen LogP contribution is -2.43. The predicted octanol–water partition coefficient (Wildman–Crippen LogP) is 3.52. The number of anilines is 1. The second kappa shape index (κ2) is 10.5. The lowest BCUT2D eigenvalue weighted by Gasteiger charge is -2.36. The van der Waals surface area contributed by atoms with Crippen LogP contribution in [0.2, 0.25) is 0 Å². The van der Waals surface area contributed by atoms with E-state index in [1.807, 2.05) is 45.9 Å². The Morgan fingerprint density at radius 2 is 1.61 bits per heavy atom. The normalized spacial score (nSPS) is 14.7. The molecular formula is C23H34N4O4. The Morgan fingerprint density at radius 3 is 2.16 bits per heavy atom. The zero-order valence-corrected chi connectivity index (χ0v) is 19.1. The Balaban J connectivity index is 1.97. The van der Waals surface area contributed by atoms with Crippen molar-refractivity contribution >= 4 is 5.82 Å². The van der Waals surface area contributed by atoms with Gasteiger partial charge in [0.05, 0.1) is 19.3 Å². The van der Waals surface area contributed by atoms with E-state index in [9.17, 15) is 5.11 Å². The highest BCUT2D eigenvalue weighted by Crippen LogP contribution is 2.30. The average molecular weight is 431 g/mol. The van der Waals surface area contributed by atoms with E-state index < -0.39 is 0 Å². The Bertz CT molecular complexity index is 825. The molecular weight excluding hydrogens is 396 g/mol. The summed E-state index contributed by atoms with van der Waals surface area (Å²) in [5.74, 6) is 2.52. The Morgan fingerprint density at radius 1 is 1.00 bits per heavy atom. The Labute approximate surface area is 184 Å².